The molecule has 2 fully saturated rings. The largest absolute Gasteiger partial charge is 0.343 e. The summed E-state index contributed by atoms with van der Waals surface area (Å²) >= 11 is 0. The molecule has 0 aromatic heterocycles. The van der Waals surface area contributed by atoms with E-state index in [4.69, 9.17) is 18.9 Å². The monoisotopic (exact) mass is 301 g/mol. The van der Waals surface area contributed by atoms with E-state index in [1.807, 2.05) is 18.2 Å². The van der Waals surface area contributed by atoms with E-state index < -0.39 is 17.5 Å². The summed E-state index contributed by atoms with van der Waals surface area (Å²) in [6, 6.07) is 9.36. The van der Waals surface area contributed by atoms with Crippen molar-refractivity contribution in [1.29, 1.82) is 5.26 Å². The quantitative estimate of drug-likeness (QED) is 0.716. The number of carbonyl (C=O) groups is 1. The first kappa shape index (κ1) is 13.9. The van der Waals surface area contributed by atoms with Crippen LogP contribution in [0.2, 0.25) is 0 Å². The molecule has 0 bridgehead atoms. The Bertz CT molecular complexity index is 653. The van der Waals surface area contributed by atoms with E-state index in [2.05, 4.69) is 6.07 Å². The molecule has 6 nitrogen and oxygen atoms in total. The average Bonchev–Trinajstić information content (AvgIpc) is 3.21. The van der Waals surface area contributed by atoms with Gasteiger partial charge in [-0.05, 0) is 0 Å². The number of ether oxygens (including phenoxy) is 4. The topological polar surface area (TPSA) is 77.8 Å². The van der Waals surface area contributed by atoms with Gasteiger partial charge in [-0.2, -0.15) is 5.26 Å². The van der Waals surface area contributed by atoms with Gasteiger partial charge in [0.1, 0.15) is 5.92 Å². The van der Waals surface area contributed by atoms with E-state index in [1.165, 1.54) is 0 Å². The number of nitrogens with zero attached hydrogens (tertiary/aromatic N) is 1. The van der Waals surface area contributed by atoms with Crippen molar-refractivity contribution in [3.05, 3.63) is 35.4 Å². The number of fused-ring (bicyclic) bond motifs is 3. The predicted molar refractivity (Wildman–Crippen MR) is 72.3 cm³/mol. The lowest BCUT2D eigenvalue weighted by Gasteiger charge is -2.30. The zero-order chi connectivity index (χ0) is 15.2. The number of nitriles is 1. The molecular weight excluding hydrogens is 286 g/mol. The molecule has 0 unspecified atom stereocenters. The van der Waals surface area contributed by atoms with Gasteiger partial charge in [-0.15, -0.1) is 0 Å². The maximum atomic E-state index is 12.9. The SMILES string of the molecule is N#C[C@H]1CC2(OCCO2)c2ccccc2C2(OCCO2)C1=O. The lowest BCUT2D eigenvalue weighted by molar-refractivity contribution is -0.188. The van der Waals surface area contributed by atoms with E-state index in [0.29, 0.717) is 37.6 Å². The van der Waals surface area contributed by atoms with Crippen molar-refractivity contribution < 1.29 is 23.7 Å². The Kier molecular flexibility index (Phi) is 3.06. The molecule has 2 heterocycles. The smallest absolute Gasteiger partial charge is 0.258 e. The molecule has 0 N–H and O–H groups in total. The summed E-state index contributed by atoms with van der Waals surface area (Å²) in [7, 11) is 0. The third-order valence-electron chi connectivity index (χ3n) is 4.41. The van der Waals surface area contributed by atoms with Crippen LogP contribution in [0.25, 0.3) is 0 Å². The number of benzene rings is 1. The maximum Gasteiger partial charge on any atom is 0.258 e. The number of hydrogen-bond donors (Lipinski definition) is 0. The first-order valence-corrected chi connectivity index (χ1v) is 7.32. The highest BCUT2D eigenvalue weighted by molar-refractivity contribution is 5.92. The second-order valence-corrected chi connectivity index (χ2v) is 5.56. The molecule has 1 aromatic rings. The van der Waals surface area contributed by atoms with Crippen molar-refractivity contribution in [2.45, 2.75) is 18.0 Å². The summed E-state index contributed by atoms with van der Waals surface area (Å²) in [4.78, 5) is 12.9. The highest BCUT2D eigenvalue weighted by Gasteiger charge is 2.58. The van der Waals surface area contributed by atoms with Crippen LogP contribution in [0.5, 0.6) is 0 Å². The molecule has 4 rings (SSSR count). The van der Waals surface area contributed by atoms with Crippen LogP contribution in [0, 0.1) is 17.2 Å². The molecule has 2 aliphatic heterocycles. The fourth-order valence-electron chi connectivity index (χ4n) is 3.48. The Labute approximate surface area is 127 Å². The molecule has 0 amide bonds. The van der Waals surface area contributed by atoms with Crippen LogP contribution >= 0.6 is 0 Å². The Morgan fingerprint density at radius 2 is 1.59 bits per heavy atom. The first-order valence-electron chi connectivity index (χ1n) is 7.32. The van der Waals surface area contributed by atoms with Gasteiger partial charge in [-0.1, -0.05) is 24.3 Å². The fraction of sp³-hybridized carbons (Fsp3) is 0.500. The predicted octanol–water partition coefficient (Wildman–Crippen LogP) is 1.20. The van der Waals surface area contributed by atoms with E-state index >= 15 is 0 Å². The number of hydrogen-bond acceptors (Lipinski definition) is 6. The number of ketones is 1. The molecule has 0 saturated carbocycles. The summed E-state index contributed by atoms with van der Waals surface area (Å²) in [6.07, 6.45) is 0.147. The minimum Gasteiger partial charge on any atom is -0.343 e. The molecule has 22 heavy (non-hydrogen) atoms. The molecule has 1 aliphatic carbocycles. The Morgan fingerprint density at radius 1 is 1.00 bits per heavy atom. The Balaban J connectivity index is 1.97. The molecule has 1 aromatic carbocycles. The minimum atomic E-state index is -1.52. The molecule has 1 atom stereocenters. The van der Waals surface area contributed by atoms with Gasteiger partial charge in [0.15, 0.2) is 5.79 Å². The van der Waals surface area contributed by atoms with Crippen LogP contribution in [-0.4, -0.2) is 32.2 Å². The summed E-state index contributed by atoms with van der Waals surface area (Å²) in [6.45, 7) is 1.48. The molecule has 2 saturated heterocycles. The molecule has 6 heteroatoms. The molecule has 2 spiro atoms. The van der Waals surface area contributed by atoms with Gasteiger partial charge < -0.3 is 18.9 Å². The van der Waals surface area contributed by atoms with Crippen LogP contribution < -0.4 is 0 Å². The van der Waals surface area contributed by atoms with E-state index in [9.17, 15) is 10.1 Å². The maximum absolute atomic E-state index is 12.9. The number of Topliss-reactive ketones (excluding diaryl/α,β-unsaturated/α-hetero) is 1. The van der Waals surface area contributed by atoms with Gasteiger partial charge in [-0.3, -0.25) is 4.79 Å². The second kappa shape index (κ2) is 4.86. The lowest BCUT2D eigenvalue weighted by Crippen LogP contribution is -2.40. The fourth-order valence-corrected chi connectivity index (χ4v) is 3.48. The van der Waals surface area contributed by atoms with Crippen molar-refractivity contribution in [2.75, 3.05) is 26.4 Å². The van der Waals surface area contributed by atoms with Crippen molar-refractivity contribution in [3.63, 3.8) is 0 Å². The number of carbonyl (C=O) groups excluding carboxylic acids is 1. The van der Waals surface area contributed by atoms with Crippen molar-refractivity contribution in [2.24, 2.45) is 5.92 Å². The Hall–Kier alpha value is -1.78. The van der Waals surface area contributed by atoms with Gasteiger partial charge >= 0.3 is 0 Å². The van der Waals surface area contributed by atoms with Crippen LogP contribution in [-0.2, 0) is 35.3 Å². The molecule has 114 valence electrons. The zero-order valence-electron chi connectivity index (χ0n) is 11.9. The summed E-state index contributed by atoms with van der Waals surface area (Å²) in [5, 5.41) is 9.46. The van der Waals surface area contributed by atoms with Crippen LogP contribution in [0.15, 0.2) is 24.3 Å². The van der Waals surface area contributed by atoms with Gasteiger partial charge in [0.2, 0.25) is 5.78 Å². The zero-order valence-corrected chi connectivity index (χ0v) is 11.9. The van der Waals surface area contributed by atoms with E-state index in [1.54, 1.807) is 6.07 Å². The van der Waals surface area contributed by atoms with Crippen LogP contribution in [0.4, 0.5) is 0 Å². The highest BCUT2D eigenvalue weighted by Crippen LogP contribution is 2.49. The third-order valence-corrected chi connectivity index (χ3v) is 4.41. The standard InChI is InChI=1S/C16H15NO5/c17-10-11-9-15(19-5-6-20-15)12-3-1-2-4-13(12)16(14(11)18)21-7-8-22-16/h1-4,11H,5-9H2/t11-/m1/s1. The highest BCUT2D eigenvalue weighted by atomic mass is 16.7. The summed E-state index contributed by atoms with van der Waals surface area (Å²) < 4.78 is 23.1. The molecule has 0 radical (unpaired) electrons. The first-order chi connectivity index (χ1) is 10.7. The minimum absolute atomic E-state index is 0.147. The van der Waals surface area contributed by atoms with E-state index in [0.717, 1.165) is 0 Å². The average molecular weight is 301 g/mol. The summed E-state index contributed by atoms with van der Waals surface area (Å²) in [5.41, 5.74) is 1.29. The third kappa shape index (κ3) is 1.71. The molecule has 3 aliphatic rings. The second-order valence-electron chi connectivity index (χ2n) is 5.56. The van der Waals surface area contributed by atoms with Crippen molar-refractivity contribution >= 4 is 5.78 Å². The normalized spacial score (nSPS) is 28.5. The lowest BCUT2D eigenvalue weighted by atomic mass is 9.94. The van der Waals surface area contributed by atoms with Gasteiger partial charge in [0, 0.05) is 17.5 Å². The molecular formula is C16H15NO5. The van der Waals surface area contributed by atoms with Crippen LogP contribution in [0.3, 0.4) is 0 Å². The number of rotatable bonds is 0. The van der Waals surface area contributed by atoms with Gasteiger partial charge in [0.05, 0.1) is 32.5 Å². The van der Waals surface area contributed by atoms with Crippen LogP contribution in [0.1, 0.15) is 17.5 Å². The Morgan fingerprint density at radius 3 is 2.23 bits per heavy atom. The van der Waals surface area contributed by atoms with Gasteiger partial charge in [0.25, 0.3) is 5.79 Å². The van der Waals surface area contributed by atoms with Gasteiger partial charge in [-0.25, -0.2) is 0 Å². The van der Waals surface area contributed by atoms with Crippen molar-refractivity contribution in [1.82, 2.24) is 0 Å². The van der Waals surface area contributed by atoms with Crippen molar-refractivity contribution in [3.8, 4) is 6.07 Å². The van der Waals surface area contributed by atoms with E-state index in [-0.39, 0.29) is 12.2 Å². The summed E-state index contributed by atoms with van der Waals surface area (Å²) in [5.74, 6) is -3.89.